The Bertz CT molecular complexity index is 738. The Labute approximate surface area is 157 Å². The summed E-state index contributed by atoms with van der Waals surface area (Å²) in [5, 5.41) is 2.91. The van der Waals surface area contributed by atoms with E-state index in [0.29, 0.717) is 13.1 Å². The highest BCUT2D eigenvalue weighted by atomic mass is 19.3. The minimum atomic E-state index is -2.84. The van der Waals surface area contributed by atoms with E-state index in [1.165, 1.54) is 12.1 Å². The van der Waals surface area contributed by atoms with Crippen molar-refractivity contribution in [1.29, 1.82) is 0 Å². The van der Waals surface area contributed by atoms with E-state index in [1.807, 2.05) is 43.1 Å². The number of methoxy groups -OCH3 is 1. The van der Waals surface area contributed by atoms with Crippen molar-refractivity contribution in [2.24, 2.45) is 0 Å². The third-order valence-electron chi connectivity index (χ3n) is 4.27. The van der Waals surface area contributed by atoms with Crippen molar-refractivity contribution < 1.29 is 23.0 Å². The number of likely N-dealkylation sites (N-methyl/N-ethyl adjacent to an activating group) is 1. The summed E-state index contributed by atoms with van der Waals surface area (Å²) in [7, 11) is 3.42. The Morgan fingerprint density at radius 1 is 1.15 bits per heavy atom. The molecule has 0 saturated carbocycles. The quantitative estimate of drug-likeness (QED) is 0.726. The van der Waals surface area contributed by atoms with Gasteiger partial charge in [-0.25, -0.2) is 0 Å². The van der Waals surface area contributed by atoms with Crippen LogP contribution in [0.3, 0.4) is 0 Å². The maximum atomic E-state index is 12.4. The van der Waals surface area contributed by atoms with E-state index in [2.05, 4.69) is 10.1 Å². The molecule has 1 atom stereocenters. The number of carbonyl (C=O) groups is 1. The van der Waals surface area contributed by atoms with E-state index in [4.69, 9.17) is 4.74 Å². The first kappa shape index (κ1) is 20.6. The molecule has 5 nitrogen and oxygen atoms in total. The number of hydrogen-bond donors (Lipinski definition) is 1. The van der Waals surface area contributed by atoms with Crippen LogP contribution in [0.25, 0.3) is 0 Å². The van der Waals surface area contributed by atoms with E-state index in [1.54, 1.807) is 19.2 Å². The highest BCUT2D eigenvalue weighted by molar-refractivity contribution is 5.81. The Balaban J connectivity index is 1.88. The molecule has 1 amide bonds. The molecule has 1 N–H and O–H groups in total. The van der Waals surface area contributed by atoms with Gasteiger partial charge in [0.1, 0.15) is 11.5 Å². The first-order chi connectivity index (χ1) is 12.9. The second-order valence-corrected chi connectivity index (χ2v) is 6.14. The monoisotopic (exact) mass is 378 g/mol. The van der Waals surface area contributed by atoms with Gasteiger partial charge in [-0.05, 0) is 37.7 Å². The van der Waals surface area contributed by atoms with E-state index < -0.39 is 6.61 Å². The van der Waals surface area contributed by atoms with Crippen molar-refractivity contribution in [3.05, 3.63) is 59.7 Å². The summed E-state index contributed by atoms with van der Waals surface area (Å²) in [5.74, 6) is 0.727. The molecule has 2 rings (SSSR count). The number of benzene rings is 2. The van der Waals surface area contributed by atoms with Crippen LogP contribution < -0.4 is 14.8 Å². The zero-order valence-electron chi connectivity index (χ0n) is 15.6. The number of nitrogens with zero attached hydrogens (tertiary/aromatic N) is 1. The summed E-state index contributed by atoms with van der Waals surface area (Å²) in [5.41, 5.74) is 1.79. The zero-order valence-corrected chi connectivity index (χ0v) is 15.6. The topological polar surface area (TPSA) is 50.8 Å². The maximum absolute atomic E-state index is 12.4. The summed E-state index contributed by atoms with van der Waals surface area (Å²) in [4.78, 5) is 14.3. The van der Waals surface area contributed by atoms with E-state index in [-0.39, 0.29) is 17.7 Å². The lowest BCUT2D eigenvalue weighted by Gasteiger charge is -2.24. The third kappa shape index (κ3) is 6.21. The van der Waals surface area contributed by atoms with Gasteiger partial charge in [-0.15, -0.1) is 0 Å². The molecule has 0 radical (unpaired) electrons. The lowest BCUT2D eigenvalue weighted by atomic mass is 10.1. The molecule has 0 fully saturated rings. The molecule has 0 saturated heterocycles. The standard InChI is InChI=1S/C20H24F2N2O3/c1-14(19(25)23-12-16-6-4-5-7-18(16)26-3)24(2)13-15-8-10-17(11-9-15)27-20(21)22/h4-11,14,20H,12-13H2,1-3H3,(H,23,25). The Kier molecular flexibility index (Phi) is 7.55. The van der Waals surface area contributed by atoms with Gasteiger partial charge in [-0.3, -0.25) is 9.69 Å². The van der Waals surface area contributed by atoms with E-state index in [0.717, 1.165) is 16.9 Å². The van der Waals surface area contributed by atoms with Crippen molar-refractivity contribution in [3.8, 4) is 11.5 Å². The molecule has 2 aromatic carbocycles. The fourth-order valence-corrected chi connectivity index (χ4v) is 2.58. The molecule has 2 aromatic rings. The average molecular weight is 378 g/mol. The van der Waals surface area contributed by atoms with Crippen LogP contribution in [0, 0.1) is 0 Å². The largest absolute Gasteiger partial charge is 0.496 e. The summed E-state index contributed by atoms with van der Waals surface area (Å²) in [6.45, 7) is -0.157. The Morgan fingerprint density at radius 2 is 1.81 bits per heavy atom. The molecule has 27 heavy (non-hydrogen) atoms. The molecular formula is C20H24F2N2O3. The number of carbonyl (C=O) groups excluding carboxylic acids is 1. The molecule has 1 unspecified atom stereocenters. The van der Waals surface area contributed by atoms with Gasteiger partial charge in [-0.1, -0.05) is 30.3 Å². The van der Waals surface area contributed by atoms with Crippen molar-refractivity contribution in [2.75, 3.05) is 14.2 Å². The number of amides is 1. The maximum Gasteiger partial charge on any atom is 0.387 e. The Hall–Kier alpha value is -2.67. The smallest absolute Gasteiger partial charge is 0.387 e. The van der Waals surface area contributed by atoms with Crippen LogP contribution in [0.1, 0.15) is 18.1 Å². The van der Waals surface area contributed by atoms with E-state index >= 15 is 0 Å². The summed E-state index contributed by atoms with van der Waals surface area (Å²) in [6, 6.07) is 13.5. The zero-order chi connectivity index (χ0) is 19.8. The second-order valence-electron chi connectivity index (χ2n) is 6.14. The molecular weight excluding hydrogens is 354 g/mol. The molecule has 0 aliphatic carbocycles. The van der Waals surface area contributed by atoms with Gasteiger partial charge in [0.25, 0.3) is 0 Å². The van der Waals surface area contributed by atoms with Gasteiger partial charge in [-0.2, -0.15) is 8.78 Å². The second kappa shape index (κ2) is 9.87. The normalized spacial score (nSPS) is 12.1. The van der Waals surface area contributed by atoms with Crippen LogP contribution in [0.4, 0.5) is 8.78 Å². The lowest BCUT2D eigenvalue weighted by Crippen LogP contribution is -2.42. The average Bonchev–Trinajstić information content (AvgIpc) is 2.66. The predicted molar refractivity (Wildman–Crippen MR) is 98.8 cm³/mol. The minimum Gasteiger partial charge on any atom is -0.496 e. The highest BCUT2D eigenvalue weighted by Crippen LogP contribution is 2.18. The van der Waals surface area contributed by atoms with E-state index in [9.17, 15) is 13.6 Å². The van der Waals surface area contributed by atoms with Crippen LogP contribution in [0.2, 0.25) is 0 Å². The SMILES string of the molecule is COc1ccccc1CNC(=O)C(C)N(C)Cc1ccc(OC(F)F)cc1. The molecule has 0 spiro atoms. The number of hydrogen-bond acceptors (Lipinski definition) is 4. The molecule has 0 aliphatic rings. The van der Waals surface area contributed by atoms with Crippen molar-refractivity contribution in [3.63, 3.8) is 0 Å². The molecule has 0 heterocycles. The molecule has 7 heteroatoms. The summed E-state index contributed by atoms with van der Waals surface area (Å²) >= 11 is 0. The molecule has 0 aromatic heterocycles. The van der Waals surface area contributed by atoms with Gasteiger partial charge < -0.3 is 14.8 Å². The number of para-hydroxylation sites is 1. The van der Waals surface area contributed by atoms with Gasteiger partial charge in [0.15, 0.2) is 0 Å². The number of nitrogens with one attached hydrogen (secondary N) is 1. The van der Waals surface area contributed by atoms with Crippen LogP contribution in [-0.4, -0.2) is 37.6 Å². The lowest BCUT2D eigenvalue weighted by molar-refractivity contribution is -0.125. The first-order valence-corrected chi connectivity index (χ1v) is 8.54. The van der Waals surface area contributed by atoms with Crippen LogP contribution in [0.15, 0.2) is 48.5 Å². The fraction of sp³-hybridized carbons (Fsp3) is 0.350. The van der Waals surface area contributed by atoms with Gasteiger partial charge in [0.05, 0.1) is 13.2 Å². The number of ether oxygens (including phenoxy) is 2. The summed E-state index contributed by atoms with van der Waals surface area (Å²) < 4.78 is 34.0. The Morgan fingerprint density at radius 3 is 2.44 bits per heavy atom. The van der Waals surface area contributed by atoms with Crippen molar-refractivity contribution >= 4 is 5.91 Å². The minimum absolute atomic E-state index is 0.110. The number of rotatable bonds is 9. The number of halogens is 2. The van der Waals surface area contributed by atoms with Crippen LogP contribution >= 0.6 is 0 Å². The predicted octanol–water partition coefficient (Wildman–Crippen LogP) is 3.43. The van der Waals surface area contributed by atoms with Crippen molar-refractivity contribution in [1.82, 2.24) is 10.2 Å². The number of alkyl halides is 2. The van der Waals surface area contributed by atoms with Gasteiger partial charge in [0, 0.05) is 18.7 Å². The third-order valence-corrected chi connectivity index (χ3v) is 4.27. The van der Waals surface area contributed by atoms with Crippen molar-refractivity contribution in [2.45, 2.75) is 32.7 Å². The highest BCUT2D eigenvalue weighted by Gasteiger charge is 2.18. The molecule has 0 aliphatic heterocycles. The first-order valence-electron chi connectivity index (χ1n) is 8.54. The van der Waals surface area contributed by atoms with Gasteiger partial charge >= 0.3 is 6.61 Å². The molecule has 0 bridgehead atoms. The van der Waals surface area contributed by atoms with Crippen LogP contribution in [-0.2, 0) is 17.9 Å². The molecule has 146 valence electrons. The summed E-state index contributed by atoms with van der Waals surface area (Å²) in [6.07, 6.45) is 0. The fourth-order valence-electron chi connectivity index (χ4n) is 2.58. The van der Waals surface area contributed by atoms with Crippen LogP contribution in [0.5, 0.6) is 11.5 Å². The van der Waals surface area contributed by atoms with Gasteiger partial charge in [0.2, 0.25) is 5.91 Å².